The molecule has 230 valence electrons. The molecule has 10 heteroatoms. The van der Waals surface area contributed by atoms with E-state index in [2.05, 4.69) is 42.5 Å². The molecule has 4 rings (SSSR count). The number of piperidine rings is 1. The van der Waals surface area contributed by atoms with Crippen LogP contribution >= 0.6 is 0 Å². The van der Waals surface area contributed by atoms with Gasteiger partial charge in [0.15, 0.2) is 0 Å². The number of anilines is 2. The van der Waals surface area contributed by atoms with Gasteiger partial charge in [0.25, 0.3) is 5.91 Å². The topological polar surface area (TPSA) is 114 Å². The highest BCUT2D eigenvalue weighted by atomic mass is 32.2. The predicted molar refractivity (Wildman–Crippen MR) is 171 cm³/mol. The van der Waals surface area contributed by atoms with E-state index >= 15 is 0 Å². The Kier molecular flexibility index (Phi) is 11.0. The van der Waals surface area contributed by atoms with Crippen LogP contribution in [0, 0.1) is 11.8 Å². The molecule has 1 amide bonds. The van der Waals surface area contributed by atoms with Crippen LogP contribution < -0.4 is 10.5 Å². The molecule has 0 bridgehead atoms. The first-order valence-corrected chi connectivity index (χ1v) is 17.0. The fourth-order valence-electron chi connectivity index (χ4n) is 5.42. The molecule has 2 heterocycles. The first kappa shape index (κ1) is 32.0. The van der Waals surface area contributed by atoms with Crippen molar-refractivity contribution in [2.75, 3.05) is 38.0 Å². The minimum absolute atomic E-state index is 0.0380. The number of nitrogens with one attached hydrogen (secondary N) is 1. The molecular formula is C32H48N6O3S. The number of likely N-dealkylation sites (tertiary alicyclic amines) is 1. The van der Waals surface area contributed by atoms with E-state index in [1.165, 1.54) is 31.4 Å². The van der Waals surface area contributed by atoms with Gasteiger partial charge in [0.05, 0.1) is 15.9 Å². The number of sulfonamides is 1. The smallest absolute Gasteiger partial charge is 0.253 e. The molecule has 2 aromatic carbocycles. The average molecular weight is 597 g/mol. The van der Waals surface area contributed by atoms with Crippen LogP contribution in [0.3, 0.4) is 0 Å². The third-order valence-electron chi connectivity index (χ3n) is 7.96. The van der Waals surface area contributed by atoms with Crippen LogP contribution in [-0.4, -0.2) is 66.4 Å². The van der Waals surface area contributed by atoms with Gasteiger partial charge >= 0.3 is 0 Å². The van der Waals surface area contributed by atoms with Gasteiger partial charge in [0, 0.05) is 30.9 Å². The van der Waals surface area contributed by atoms with E-state index in [0.29, 0.717) is 35.6 Å². The van der Waals surface area contributed by atoms with Gasteiger partial charge in [-0.05, 0) is 100.0 Å². The van der Waals surface area contributed by atoms with Crippen LogP contribution in [0.25, 0.3) is 11.0 Å². The van der Waals surface area contributed by atoms with Crippen molar-refractivity contribution in [3.8, 4) is 0 Å². The van der Waals surface area contributed by atoms with Gasteiger partial charge in [-0.25, -0.2) is 18.5 Å². The summed E-state index contributed by atoms with van der Waals surface area (Å²) in [5, 5.41) is 8.70. The van der Waals surface area contributed by atoms with Crippen molar-refractivity contribution in [3.05, 3.63) is 48.0 Å². The van der Waals surface area contributed by atoms with Crippen LogP contribution in [0.1, 0.15) is 76.6 Å². The molecule has 0 spiro atoms. The number of aryl methyl sites for hydroxylation is 1. The number of nitrogens with two attached hydrogens (primary N) is 1. The Balaban J connectivity index is 1.65. The molecule has 1 aromatic heterocycles. The highest BCUT2D eigenvalue weighted by molar-refractivity contribution is 7.89. The van der Waals surface area contributed by atoms with Gasteiger partial charge < -0.3 is 19.7 Å². The quantitative estimate of drug-likeness (QED) is 0.242. The van der Waals surface area contributed by atoms with Crippen molar-refractivity contribution >= 4 is 38.6 Å². The number of primary sulfonamides is 1. The average Bonchev–Trinajstić information content (AvgIpc) is 3.28. The highest BCUT2D eigenvalue weighted by Crippen LogP contribution is 2.26. The number of imidazole rings is 1. The Hall–Kier alpha value is -2.95. The van der Waals surface area contributed by atoms with Gasteiger partial charge in [-0.2, -0.15) is 0 Å². The lowest BCUT2D eigenvalue weighted by Gasteiger charge is -2.26. The number of carbonyl (C=O) groups is 1. The molecule has 1 fully saturated rings. The fourth-order valence-corrected chi connectivity index (χ4v) is 5.98. The number of rotatable bonds is 14. The lowest BCUT2D eigenvalue weighted by atomic mass is 10.1. The van der Waals surface area contributed by atoms with Crippen LogP contribution in [0.4, 0.5) is 11.6 Å². The zero-order chi connectivity index (χ0) is 30.3. The third kappa shape index (κ3) is 8.78. The Morgan fingerprint density at radius 2 is 1.67 bits per heavy atom. The summed E-state index contributed by atoms with van der Waals surface area (Å²) in [7, 11) is -3.84. The summed E-state index contributed by atoms with van der Waals surface area (Å²) in [6.07, 6.45) is 6.66. The van der Waals surface area contributed by atoms with E-state index in [-0.39, 0.29) is 10.8 Å². The van der Waals surface area contributed by atoms with Crippen LogP contribution in [0.15, 0.2) is 47.4 Å². The van der Waals surface area contributed by atoms with E-state index < -0.39 is 10.0 Å². The normalized spacial score (nSPS) is 14.6. The maximum atomic E-state index is 13.8. The number of nitrogens with zero attached hydrogens (tertiary/aromatic N) is 4. The van der Waals surface area contributed by atoms with Gasteiger partial charge in [-0.1, -0.05) is 40.2 Å². The van der Waals surface area contributed by atoms with Crippen molar-refractivity contribution in [1.82, 2.24) is 19.4 Å². The number of carbonyl (C=O) groups excluding carboxylic acids is 1. The first-order valence-electron chi connectivity index (χ1n) is 15.4. The Morgan fingerprint density at radius 1 is 0.976 bits per heavy atom. The number of aromatic nitrogens is 2. The summed E-state index contributed by atoms with van der Waals surface area (Å²) in [4.78, 5) is 23.2. The number of benzene rings is 2. The molecule has 0 aliphatic carbocycles. The molecule has 9 nitrogen and oxygen atoms in total. The summed E-state index contributed by atoms with van der Waals surface area (Å²) in [5.41, 5.74) is 2.91. The van der Waals surface area contributed by atoms with Crippen molar-refractivity contribution in [1.29, 1.82) is 0 Å². The van der Waals surface area contributed by atoms with Crippen molar-refractivity contribution in [3.63, 3.8) is 0 Å². The first-order chi connectivity index (χ1) is 20.0. The SMILES string of the molecule is CC(C)CCN(CCC(C)C)C(=O)c1ccc2nc(Nc3cccc(S(N)(=O)=O)c3)n(CCCN3CCCCC3)c2c1. The second-order valence-corrected chi connectivity index (χ2v) is 14.0. The van der Waals surface area contributed by atoms with Crippen LogP contribution in [-0.2, 0) is 16.6 Å². The van der Waals surface area contributed by atoms with Gasteiger partial charge in [0.1, 0.15) is 0 Å². The number of fused-ring (bicyclic) bond motifs is 1. The standard InChI is InChI=1S/C32H48N6O3S/c1-24(2)14-20-37(21-15-25(3)4)31(39)26-12-13-29-30(22-26)38(19-9-18-36-16-6-5-7-17-36)32(35-29)34-27-10-8-11-28(23-27)42(33,40)41/h8,10-13,22-25H,5-7,9,14-21H2,1-4H3,(H,34,35)(H2,33,40,41). The predicted octanol–water partition coefficient (Wildman–Crippen LogP) is 5.84. The maximum absolute atomic E-state index is 13.8. The summed E-state index contributed by atoms with van der Waals surface area (Å²) < 4.78 is 26.0. The van der Waals surface area contributed by atoms with Gasteiger partial charge in [0.2, 0.25) is 16.0 Å². The molecule has 3 aromatic rings. The molecule has 0 saturated carbocycles. The van der Waals surface area contributed by atoms with Crippen molar-refractivity contribution in [2.45, 2.75) is 77.7 Å². The Labute approximate surface area is 251 Å². The Morgan fingerprint density at radius 3 is 2.31 bits per heavy atom. The van der Waals surface area contributed by atoms with E-state index in [4.69, 9.17) is 10.1 Å². The third-order valence-corrected chi connectivity index (χ3v) is 8.87. The molecule has 1 aliphatic heterocycles. The lowest BCUT2D eigenvalue weighted by molar-refractivity contribution is 0.0741. The summed E-state index contributed by atoms with van der Waals surface area (Å²) in [6, 6.07) is 12.2. The number of hydrogen-bond acceptors (Lipinski definition) is 6. The van der Waals surface area contributed by atoms with Crippen molar-refractivity contribution in [2.24, 2.45) is 17.0 Å². The van der Waals surface area contributed by atoms with Gasteiger partial charge in [-0.3, -0.25) is 4.79 Å². The highest BCUT2D eigenvalue weighted by Gasteiger charge is 2.20. The van der Waals surface area contributed by atoms with Crippen molar-refractivity contribution < 1.29 is 13.2 Å². The molecule has 3 N–H and O–H groups in total. The zero-order valence-corrected chi connectivity index (χ0v) is 26.5. The van der Waals surface area contributed by atoms with E-state index in [0.717, 1.165) is 63.0 Å². The minimum Gasteiger partial charge on any atom is -0.339 e. The Bertz CT molecular complexity index is 1430. The largest absolute Gasteiger partial charge is 0.339 e. The van der Waals surface area contributed by atoms with Gasteiger partial charge in [-0.15, -0.1) is 0 Å². The zero-order valence-electron chi connectivity index (χ0n) is 25.7. The van der Waals surface area contributed by atoms with Crippen LogP contribution in [0.5, 0.6) is 0 Å². The summed E-state index contributed by atoms with van der Waals surface area (Å²) in [6.45, 7) is 14.2. The lowest BCUT2D eigenvalue weighted by Crippen LogP contribution is -2.34. The van der Waals surface area contributed by atoms with E-state index in [1.807, 2.05) is 23.1 Å². The second-order valence-electron chi connectivity index (χ2n) is 12.4. The monoisotopic (exact) mass is 596 g/mol. The maximum Gasteiger partial charge on any atom is 0.253 e. The van der Waals surface area contributed by atoms with Crippen LogP contribution in [0.2, 0.25) is 0 Å². The fraction of sp³-hybridized carbons (Fsp3) is 0.562. The number of amides is 1. The molecule has 1 aliphatic rings. The minimum atomic E-state index is -3.84. The molecule has 42 heavy (non-hydrogen) atoms. The molecular weight excluding hydrogens is 548 g/mol. The summed E-state index contributed by atoms with van der Waals surface area (Å²) >= 11 is 0. The molecule has 0 atom stereocenters. The summed E-state index contributed by atoms with van der Waals surface area (Å²) in [5.74, 6) is 1.69. The van der Waals surface area contributed by atoms with E-state index in [9.17, 15) is 13.2 Å². The van der Waals surface area contributed by atoms with E-state index in [1.54, 1.807) is 12.1 Å². The molecule has 0 radical (unpaired) electrons. The second kappa shape index (κ2) is 14.5. The molecule has 1 saturated heterocycles. The number of hydrogen-bond donors (Lipinski definition) is 2. The molecule has 0 unspecified atom stereocenters.